The van der Waals surface area contributed by atoms with Gasteiger partial charge in [0.1, 0.15) is 0 Å². The van der Waals surface area contributed by atoms with Gasteiger partial charge in [0.25, 0.3) is 0 Å². The van der Waals surface area contributed by atoms with E-state index in [0.29, 0.717) is 0 Å². The zero-order chi connectivity index (χ0) is 13.3. The first-order chi connectivity index (χ1) is 9.21. The number of benzene rings is 1. The lowest BCUT2D eigenvalue weighted by molar-refractivity contribution is -0.0813. The van der Waals surface area contributed by atoms with Crippen molar-refractivity contribution in [1.82, 2.24) is 4.98 Å². The van der Waals surface area contributed by atoms with Crippen LogP contribution in [0, 0.1) is 0 Å². The van der Waals surface area contributed by atoms with E-state index in [1.165, 1.54) is 11.1 Å². The Labute approximate surface area is 117 Å². The summed E-state index contributed by atoms with van der Waals surface area (Å²) in [6.07, 6.45) is 5.36. The molecule has 0 radical (unpaired) electrons. The quantitative estimate of drug-likeness (QED) is 0.912. The summed E-state index contributed by atoms with van der Waals surface area (Å²) in [5.74, 6) is 0. The molecular weight excluding hydrogens is 256 g/mol. The van der Waals surface area contributed by atoms with Crippen molar-refractivity contribution in [1.29, 1.82) is 0 Å². The third-order valence-corrected chi connectivity index (χ3v) is 5.17. The lowest BCUT2D eigenvalue weighted by Crippen LogP contribution is -2.44. The van der Waals surface area contributed by atoms with E-state index in [1.807, 2.05) is 13.2 Å². The average Bonchev–Trinajstić information content (AvgIpc) is 2.75. The number of hydrogen-bond acceptors (Lipinski definition) is 4. The van der Waals surface area contributed by atoms with Gasteiger partial charge in [-0.25, -0.2) is 4.98 Å². The van der Waals surface area contributed by atoms with Crippen LogP contribution in [0.15, 0.2) is 24.3 Å². The number of hydrogen-bond donors (Lipinski definition) is 1. The highest BCUT2D eigenvalue weighted by atomic mass is 32.1. The zero-order valence-corrected chi connectivity index (χ0v) is 12.1. The van der Waals surface area contributed by atoms with Crippen LogP contribution < -0.4 is 5.73 Å². The highest BCUT2D eigenvalue weighted by Crippen LogP contribution is 2.39. The summed E-state index contributed by atoms with van der Waals surface area (Å²) in [5, 5.41) is 1.14. The van der Waals surface area contributed by atoms with Gasteiger partial charge in [-0.15, -0.1) is 11.3 Å². The van der Waals surface area contributed by atoms with Crippen LogP contribution in [-0.2, 0) is 11.2 Å². The zero-order valence-electron chi connectivity index (χ0n) is 11.3. The Morgan fingerprint density at radius 2 is 2.21 bits per heavy atom. The molecule has 1 aliphatic carbocycles. The van der Waals surface area contributed by atoms with E-state index in [9.17, 15) is 0 Å². The minimum Gasteiger partial charge on any atom is -0.378 e. The summed E-state index contributed by atoms with van der Waals surface area (Å²) in [4.78, 5) is 4.65. The highest BCUT2D eigenvalue weighted by Gasteiger charge is 2.38. The summed E-state index contributed by atoms with van der Waals surface area (Å²) in [5.41, 5.74) is 7.42. The minimum absolute atomic E-state index is 0.0517. The topological polar surface area (TPSA) is 48.1 Å². The number of thiazole rings is 1. The van der Waals surface area contributed by atoms with Gasteiger partial charge in [0.15, 0.2) is 0 Å². The molecule has 1 heterocycles. The van der Waals surface area contributed by atoms with E-state index >= 15 is 0 Å². The average molecular weight is 276 g/mol. The molecule has 2 N–H and O–H groups in total. The lowest BCUT2D eigenvalue weighted by Gasteiger charge is -2.42. The van der Waals surface area contributed by atoms with Crippen molar-refractivity contribution in [3.63, 3.8) is 0 Å². The molecule has 0 saturated heterocycles. The molecule has 0 bridgehead atoms. The van der Waals surface area contributed by atoms with Gasteiger partial charge in [-0.2, -0.15) is 0 Å². The second-order valence-electron chi connectivity index (χ2n) is 5.48. The van der Waals surface area contributed by atoms with Gasteiger partial charge in [0.2, 0.25) is 0 Å². The minimum atomic E-state index is 0.0517. The fourth-order valence-corrected chi connectivity index (χ4v) is 3.90. The van der Waals surface area contributed by atoms with Crippen LogP contribution in [0.3, 0.4) is 0 Å². The first-order valence-corrected chi connectivity index (χ1v) is 7.68. The van der Waals surface area contributed by atoms with Gasteiger partial charge in [-0.1, -0.05) is 12.1 Å². The van der Waals surface area contributed by atoms with Crippen LogP contribution in [0.2, 0.25) is 0 Å². The maximum Gasteiger partial charge on any atom is 0.0954 e. The number of ether oxygens (including phenoxy) is 1. The number of nitrogens with two attached hydrogens (primary N) is 1. The maximum absolute atomic E-state index is 6.29. The van der Waals surface area contributed by atoms with Crippen molar-refractivity contribution in [2.45, 2.75) is 43.7 Å². The van der Waals surface area contributed by atoms with Gasteiger partial charge in [-0.3, -0.25) is 0 Å². The van der Waals surface area contributed by atoms with E-state index in [1.54, 1.807) is 11.3 Å². The maximum atomic E-state index is 6.29. The Morgan fingerprint density at radius 1 is 1.42 bits per heavy atom. The molecule has 1 fully saturated rings. The van der Waals surface area contributed by atoms with E-state index < -0.39 is 0 Å². The smallest absolute Gasteiger partial charge is 0.0954 e. The van der Waals surface area contributed by atoms with Gasteiger partial charge < -0.3 is 10.5 Å². The van der Waals surface area contributed by atoms with Crippen molar-refractivity contribution >= 4 is 21.6 Å². The number of nitrogens with zero attached hydrogens (tertiary/aromatic N) is 1. The molecular formula is C15H20N2OS. The number of rotatable bonds is 5. The third kappa shape index (κ3) is 2.66. The monoisotopic (exact) mass is 276 g/mol. The molecule has 19 heavy (non-hydrogen) atoms. The third-order valence-electron chi connectivity index (χ3n) is 4.11. The second kappa shape index (κ2) is 5.19. The van der Waals surface area contributed by atoms with Crippen LogP contribution in [-0.4, -0.2) is 23.7 Å². The summed E-state index contributed by atoms with van der Waals surface area (Å²) in [6, 6.07) is 8.40. The van der Waals surface area contributed by atoms with Gasteiger partial charge in [-0.05, 0) is 37.8 Å². The normalized spacial score (nSPS) is 19.3. The highest BCUT2D eigenvalue weighted by molar-refractivity contribution is 7.18. The first kappa shape index (κ1) is 13.0. The summed E-state index contributed by atoms with van der Waals surface area (Å²) in [6.45, 7) is 0. The molecule has 1 atom stereocenters. The molecule has 3 nitrogen and oxygen atoms in total. The molecule has 4 heteroatoms. The van der Waals surface area contributed by atoms with Crippen molar-refractivity contribution < 1.29 is 4.74 Å². The standard InChI is InChI=1S/C15H20N2OS/c1-18-15(7-4-8-15)10-11(16)9-14-17-12-5-2-3-6-13(12)19-14/h2-3,5-6,11H,4,7-10,16H2,1H3. The van der Waals surface area contributed by atoms with Gasteiger partial charge in [0, 0.05) is 19.6 Å². The van der Waals surface area contributed by atoms with Gasteiger partial charge >= 0.3 is 0 Å². The van der Waals surface area contributed by atoms with Gasteiger partial charge in [0.05, 0.1) is 20.8 Å². The van der Waals surface area contributed by atoms with Crippen molar-refractivity contribution in [2.75, 3.05) is 7.11 Å². The van der Waals surface area contributed by atoms with E-state index in [-0.39, 0.29) is 11.6 Å². The fraction of sp³-hybridized carbons (Fsp3) is 0.533. The van der Waals surface area contributed by atoms with E-state index in [2.05, 4.69) is 23.2 Å². The van der Waals surface area contributed by atoms with E-state index in [4.69, 9.17) is 10.5 Å². The molecule has 2 aromatic rings. The fourth-order valence-electron chi connectivity index (χ4n) is 2.84. The Balaban J connectivity index is 1.67. The summed E-state index contributed by atoms with van der Waals surface area (Å²) < 4.78 is 6.89. The first-order valence-electron chi connectivity index (χ1n) is 6.86. The Morgan fingerprint density at radius 3 is 2.84 bits per heavy atom. The molecule has 0 aliphatic heterocycles. The van der Waals surface area contributed by atoms with Crippen molar-refractivity contribution in [2.24, 2.45) is 5.73 Å². The van der Waals surface area contributed by atoms with E-state index in [0.717, 1.165) is 36.2 Å². The molecule has 3 rings (SSSR count). The van der Waals surface area contributed by atoms with Crippen molar-refractivity contribution in [3.8, 4) is 0 Å². The van der Waals surface area contributed by atoms with Crippen LogP contribution in [0.25, 0.3) is 10.2 Å². The predicted molar refractivity (Wildman–Crippen MR) is 79.5 cm³/mol. The van der Waals surface area contributed by atoms with Crippen LogP contribution in [0.1, 0.15) is 30.7 Å². The predicted octanol–water partition coefficient (Wildman–Crippen LogP) is 3.13. The Bertz CT molecular complexity index is 524. The number of para-hydroxylation sites is 1. The molecule has 0 amide bonds. The molecule has 1 saturated carbocycles. The molecule has 0 spiro atoms. The lowest BCUT2D eigenvalue weighted by atomic mass is 9.75. The molecule has 1 aromatic carbocycles. The molecule has 1 aromatic heterocycles. The Kier molecular flexibility index (Phi) is 3.56. The molecule has 102 valence electrons. The number of methoxy groups -OCH3 is 1. The summed E-state index contributed by atoms with van der Waals surface area (Å²) in [7, 11) is 1.81. The largest absolute Gasteiger partial charge is 0.378 e. The summed E-state index contributed by atoms with van der Waals surface area (Å²) >= 11 is 1.75. The van der Waals surface area contributed by atoms with Crippen LogP contribution in [0.5, 0.6) is 0 Å². The SMILES string of the molecule is COC1(CC(N)Cc2nc3ccccc3s2)CCC1. The molecule has 1 unspecified atom stereocenters. The van der Waals surface area contributed by atoms with Crippen LogP contribution >= 0.6 is 11.3 Å². The van der Waals surface area contributed by atoms with Crippen LogP contribution in [0.4, 0.5) is 0 Å². The molecule has 1 aliphatic rings. The second-order valence-corrected chi connectivity index (χ2v) is 6.60. The Hall–Kier alpha value is -0.970. The number of aromatic nitrogens is 1. The number of fused-ring (bicyclic) bond motifs is 1. The van der Waals surface area contributed by atoms with Crippen molar-refractivity contribution in [3.05, 3.63) is 29.3 Å².